The van der Waals surface area contributed by atoms with Crippen LogP contribution in [0.3, 0.4) is 0 Å². The zero-order valence-electron chi connectivity index (χ0n) is 10.9. The van der Waals surface area contributed by atoms with E-state index in [1.165, 1.54) is 45.6 Å². The third-order valence-corrected chi connectivity index (χ3v) is 4.22. The quantitative estimate of drug-likeness (QED) is 0.571. The molecule has 3 nitrogen and oxygen atoms in total. The Hall–Kier alpha value is -0.570. The van der Waals surface area contributed by atoms with Crippen molar-refractivity contribution in [2.75, 3.05) is 13.7 Å². The zero-order chi connectivity index (χ0) is 12.1. The van der Waals surface area contributed by atoms with Gasteiger partial charge in [0.2, 0.25) is 0 Å². The highest BCUT2D eigenvalue weighted by Crippen LogP contribution is 2.43. The second kappa shape index (κ2) is 6.39. The molecule has 0 spiro atoms. The molecule has 2 aliphatic carbocycles. The first-order valence-electron chi connectivity index (χ1n) is 7.10. The van der Waals surface area contributed by atoms with E-state index in [0.717, 1.165) is 24.8 Å². The van der Waals surface area contributed by atoms with Gasteiger partial charge in [0, 0.05) is 12.5 Å². The SMILES string of the molecule is COC(=O)CCCNC1CCCC(C2CC2)C1. The molecule has 0 aromatic rings. The molecule has 2 rings (SSSR count). The summed E-state index contributed by atoms with van der Waals surface area (Å²) >= 11 is 0. The van der Waals surface area contributed by atoms with Gasteiger partial charge in [0.1, 0.15) is 0 Å². The minimum absolute atomic E-state index is 0.0914. The van der Waals surface area contributed by atoms with Crippen LogP contribution in [0.2, 0.25) is 0 Å². The fourth-order valence-electron chi connectivity index (χ4n) is 3.05. The van der Waals surface area contributed by atoms with Crippen molar-refractivity contribution < 1.29 is 9.53 Å². The van der Waals surface area contributed by atoms with Crippen molar-refractivity contribution in [3.8, 4) is 0 Å². The maximum absolute atomic E-state index is 11.0. The molecule has 0 amide bonds. The lowest BCUT2D eigenvalue weighted by Crippen LogP contribution is -2.35. The molecule has 0 aliphatic heterocycles. The second-order valence-electron chi connectivity index (χ2n) is 5.59. The normalized spacial score (nSPS) is 29.0. The van der Waals surface area contributed by atoms with E-state index < -0.39 is 0 Å². The van der Waals surface area contributed by atoms with Gasteiger partial charge in [0.25, 0.3) is 0 Å². The minimum Gasteiger partial charge on any atom is -0.469 e. The molecule has 1 N–H and O–H groups in total. The largest absolute Gasteiger partial charge is 0.469 e. The summed E-state index contributed by atoms with van der Waals surface area (Å²) in [5.41, 5.74) is 0. The fourth-order valence-corrected chi connectivity index (χ4v) is 3.05. The number of hydrogen-bond acceptors (Lipinski definition) is 3. The van der Waals surface area contributed by atoms with Crippen molar-refractivity contribution in [1.29, 1.82) is 0 Å². The number of ether oxygens (including phenoxy) is 1. The molecule has 2 fully saturated rings. The molecular weight excluding hydrogens is 214 g/mol. The van der Waals surface area contributed by atoms with Gasteiger partial charge in [-0.25, -0.2) is 0 Å². The summed E-state index contributed by atoms with van der Waals surface area (Å²) in [5.74, 6) is 1.95. The van der Waals surface area contributed by atoms with Gasteiger partial charge in [-0.3, -0.25) is 4.79 Å². The maximum atomic E-state index is 11.0. The van der Waals surface area contributed by atoms with Gasteiger partial charge < -0.3 is 10.1 Å². The Balaban J connectivity index is 1.57. The highest BCUT2D eigenvalue weighted by Gasteiger charge is 2.34. The number of esters is 1. The Morgan fingerprint density at radius 2 is 2.06 bits per heavy atom. The lowest BCUT2D eigenvalue weighted by Gasteiger charge is -2.30. The number of methoxy groups -OCH3 is 1. The average molecular weight is 239 g/mol. The van der Waals surface area contributed by atoms with Crippen molar-refractivity contribution >= 4 is 5.97 Å². The summed E-state index contributed by atoms with van der Waals surface area (Å²) in [4.78, 5) is 11.0. The molecule has 0 aromatic heterocycles. The summed E-state index contributed by atoms with van der Waals surface area (Å²) in [5, 5.41) is 3.61. The third kappa shape index (κ3) is 4.30. The molecule has 0 heterocycles. The fraction of sp³-hybridized carbons (Fsp3) is 0.929. The van der Waals surface area contributed by atoms with Gasteiger partial charge in [0.05, 0.1) is 7.11 Å². The molecule has 2 unspecified atom stereocenters. The van der Waals surface area contributed by atoms with Gasteiger partial charge >= 0.3 is 5.97 Å². The molecule has 0 aromatic carbocycles. The first-order valence-corrected chi connectivity index (χ1v) is 7.10. The Labute approximate surface area is 104 Å². The van der Waals surface area contributed by atoms with E-state index in [1.807, 2.05) is 0 Å². The van der Waals surface area contributed by atoms with Crippen LogP contribution in [0, 0.1) is 11.8 Å². The first kappa shape index (κ1) is 12.9. The van der Waals surface area contributed by atoms with Crippen molar-refractivity contribution in [3.05, 3.63) is 0 Å². The molecule has 0 bridgehead atoms. The van der Waals surface area contributed by atoms with E-state index in [4.69, 9.17) is 0 Å². The highest BCUT2D eigenvalue weighted by molar-refractivity contribution is 5.69. The van der Waals surface area contributed by atoms with Crippen LogP contribution in [-0.2, 0) is 9.53 Å². The van der Waals surface area contributed by atoms with Crippen LogP contribution in [0.5, 0.6) is 0 Å². The molecule has 0 radical (unpaired) electrons. The van der Waals surface area contributed by atoms with E-state index in [-0.39, 0.29) is 5.97 Å². The highest BCUT2D eigenvalue weighted by atomic mass is 16.5. The van der Waals surface area contributed by atoms with Crippen LogP contribution in [0.1, 0.15) is 51.4 Å². The third-order valence-electron chi connectivity index (χ3n) is 4.22. The summed E-state index contributed by atoms with van der Waals surface area (Å²) < 4.78 is 4.63. The van der Waals surface area contributed by atoms with Crippen LogP contribution in [-0.4, -0.2) is 25.7 Å². The zero-order valence-corrected chi connectivity index (χ0v) is 10.9. The van der Waals surface area contributed by atoms with Gasteiger partial charge in [-0.15, -0.1) is 0 Å². The molecule has 2 saturated carbocycles. The lowest BCUT2D eigenvalue weighted by atomic mass is 9.83. The average Bonchev–Trinajstić information content (AvgIpc) is 3.19. The molecule has 2 atom stereocenters. The van der Waals surface area contributed by atoms with Crippen LogP contribution < -0.4 is 5.32 Å². The molecule has 3 heteroatoms. The van der Waals surface area contributed by atoms with Crippen molar-refractivity contribution in [2.45, 2.75) is 57.4 Å². The van der Waals surface area contributed by atoms with E-state index in [1.54, 1.807) is 0 Å². The van der Waals surface area contributed by atoms with Crippen molar-refractivity contribution in [1.82, 2.24) is 5.32 Å². The number of nitrogens with one attached hydrogen (secondary N) is 1. The van der Waals surface area contributed by atoms with Gasteiger partial charge in [-0.1, -0.05) is 12.8 Å². The molecule has 2 aliphatic rings. The summed E-state index contributed by atoms with van der Waals surface area (Å²) in [6.07, 6.45) is 9.91. The first-order chi connectivity index (χ1) is 8.29. The van der Waals surface area contributed by atoms with Crippen molar-refractivity contribution in [2.24, 2.45) is 11.8 Å². The summed E-state index contributed by atoms with van der Waals surface area (Å²) in [6, 6.07) is 0.701. The predicted molar refractivity (Wildman–Crippen MR) is 67.7 cm³/mol. The Kier molecular flexibility index (Phi) is 4.84. The van der Waals surface area contributed by atoms with Crippen molar-refractivity contribution in [3.63, 3.8) is 0 Å². The van der Waals surface area contributed by atoms with Gasteiger partial charge in [-0.05, 0) is 50.5 Å². The van der Waals surface area contributed by atoms with E-state index >= 15 is 0 Å². The number of carbonyl (C=O) groups excluding carboxylic acids is 1. The Morgan fingerprint density at radius 3 is 2.76 bits per heavy atom. The minimum atomic E-state index is -0.0914. The van der Waals surface area contributed by atoms with Gasteiger partial charge in [-0.2, -0.15) is 0 Å². The van der Waals surface area contributed by atoms with Crippen LogP contribution >= 0.6 is 0 Å². The van der Waals surface area contributed by atoms with E-state index in [0.29, 0.717) is 12.5 Å². The molecule has 17 heavy (non-hydrogen) atoms. The topological polar surface area (TPSA) is 38.3 Å². The molecular formula is C14H25NO2. The smallest absolute Gasteiger partial charge is 0.305 e. The van der Waals surface area contributed by atoms with Crippen LogP contribution in [0.4, 0.5) is 0 Å². The molecule has 0 saturated heterocycles. The summed E-state index contributed by atoms with van der Waals surface area (Å²) in [7, 11) is 1.46. The maximum Gasteiger partial charge on any atom is 0.305 e. The monoisotopic (exact) mass is 239 g/mol. The standard InChI is InChI=1S/C14H25NO2/c1-17-14(16)6-3-9-15-13-5-2-4-12(10-13)11-7-8-11/h11-13,15H,2-10H2,1H3. The molecule has 98 valence electrons. The number of rotatable bonds is 6. The Morgan fingerprint density at radius 1 is 1.24 bits per heavy atom. The number of carbonyl (C=O) groups is 1. The van der Waals surface area contributed by atoms with E-state index in [2.05, 4.69) is 10.1 Å². The lowest BCUT2D eigenvalue weighted by molar-refractivity contribution is -0.140. The van der Waals surface area contributed by atoms with Crippen LogP contribution in [0.15, 0.2) is 0 Å². The number of hydrogen-bond donors (Lipinski definition) is 1. The van der Waals surface area contributed by atoms with E-state index in [9.17, 15) is 4.79 Å². The second-order valence-corrected chi connectivity index (χ2v) is 5.59. The van der Waals surface area contributed by atoms with Crippen LogP contribution in [0.25, 0.3) is 0 Å². The summed E-state index contributed by atoms with van der Waals surface area (Å²) in [6.45, 7) is 0.956. The predicted octanol–water partition coefficient (Wildman–Crippen LogP) is 2.50. The van der Waals surface area contributed by atoms with Gasteiger partial charge in [0.15, 0.2) is 0 Å². The Bertz CT molecular complexity index is 251.